The van der Waals surface area contributed by atoms with Gasteiger partial charge in [0, 0.05) is 0 Å². The SMILES string of the molecule is C#CCOc1c(Cl)cc(/C=N\NC(=O)C(O)(c2ccccc2)c2ccccc2)cc1OC. The molecule has 0 spiro atoms. The number of rotatable bonds is 8. The third kappa shape index (κ3) is 4.92. The Labute approximate surface area is 191 Å². The minimum atomic E-state index is -1.93. The summed E-state index contributed by atoms with van der Waals surface area (Å²) in [4.78, 5) is 13.1. The fraction of sp³-hybridized carbons (Fsp3) is 0.120. The number of nitrogens with one attached hydrogen (secondary N) is 1. The van der Waals surface area contributed by atoms with E-state index in [1.165, 1.54) is 13.3 Å². The molecule has 32 heavy (non-hydrogen) atoms. The van der Waals surface area contributed by atoms with Crippen molar-refractivity contribution in [3.63, 3.8) is 0 Å². The molecule has 0 heterocycles. The lowest BCUT2D eigenvalue weighted by Crippen LogP contribution is -2.43. The molecule has 0 unspecified atom stereocenters. The Morgan fingerprint density at radius 3 is 2.28 bits per heavy atom. The number of terminal acetylenes is 1. The topological polar surface area (TPSA) is 80.2 Å². The van der Waals surface area contributed by atoms with Gasteiger partial charge >= 0.3 is 0 Å². The fourth-order valence-corrected chi connectivity index (χ4v) is 3.38. The van der Waals surface area contributed by atoms with Crippen molar-refractivity contribution < 1.29 is 19.4 Å². The van der Waals surface area contributed by atoms with Gasteiger partial charge in [-0.1, -0.05) is 78.2 Å². The lowest BCUT2D eigenvalue weighted by Gasteiger charge is -2.27. The second-order valence-corrected chi connectivity index (χ2v) is 7.08. The van der Waals surface area contributed by atoms with Crippen molar-refractivity contribution in [2.75, 3.05) is 13.7 Å². The van der Waals surface area contributed by atoms with Crippen LogP contribution in [0.15, 0.2) is 77.9 Å². The average Bonchev–Trinajstić information content (AvgIpc) is 2.83. The largest absolute Gasteiger partial charge is 0.493 e. The van der Waals surface area contributed by atoms with Crippen LogP contribution in [-0.4, -0.2) is 30.9 Å². The quantitative estimate of drug-likeness (QED) is 0.312. The van der Waals surface area contributed by atoms with E-state index in [9.17, 15) is 9.90 Å². The average molecular weight is 449 g/mol. The van der Waals surface area contributed by atoms with Crippen LogP contribution in [0.1, 0.15) is 16.7 Å². The number of carbonyl (C=O) groups is 1. The maximum absolute atomic E-state index is 13.1. The standard InChI is InChI=1S/C25H21ClN2O4/c1-3-14-32-23-21(26)15-18(16-22(23)31-2)17-27-28-24(29)25(30,19-10-6-4-7-11-19)20-12-8-5-9-13-20/h1,4-13,15-17,30H,14H2,2H3,(H,28,29)/b27-17-. The molecular formula is C25H21ClN2O4. The molecule has 0 atom stereocenters. The summed E-state index contributed by atoms with van der Waals surface area (Å²) < 4.78 is 10.7. The summed E-state index contributed by atoms with van der Waals surface area (Å²) in [5.74, 6) is 2.34. The lowest BCUT2D eigenvalue weighted by molar-refractivity contribution is -0.136. The summed E-state index contributed by atoms with van der Waals surface area (Å²) in [7, 11) is 1.47. The van der Waals surface area contributed by atoms with Crippen LogP contribution < -0.4 is 14.9 Å². The number of hydrogen-bond acceptors (Lipinski definition) is 5. The Bertz CT molecular complexity index is 1100. The highest BCUT2D eigenvalue weighted by atomic mass is 35.5. The molecule has 0 aliphatic carbocycles. The molecule has 1 amide bonds. The number of hydrogen-bond donors (Lipinski definition) is 2. The highest BCUT2D eigenvalue weighted by molar-refractivity contribution is 6.32. The van der Waals surface area contributed by atoms with Gasteiger partial charge in [0.05, 0.1) is 18.3 Å². The molecule has 162 valence electrons. The Kier molecular flexibility index (Phi) is 7.50. The third-order valence-electron chi connectivity index (χ3n) is 4.64. The van der Waals surface area contributed by atoms with Crippen LogP contribution in [0.25, 0.3) is 0 Å². The summed E-state index contributed by atoms with van der Waals surface area (Å²) in [6.45, 7) is 0.0388. The van der Waals surface area contributed by atoms with Crippen molar-refractivity contribution in [1.82, 2.24) is 5.43 Å². The smallest absolute Gasteiger partial charge is 0.281 e. The van der Waals surface area contributed by atoms with Gasteiger partial charge in [-0.05, 0) is 28.8 Å². The van der Waals surface area contributed by atoms with Crippen LogP contribution in [0.4, 0.5) is 0 Å². The van der Waals surface area contributed by atoms with Gasteiger partial charge in [-0.2, -0.15) is 5.10 Å². The predicted octanol–water partition coefficient (Wildman–Crippen LogP) is 3.75. The maximum Gasteiger partial charge on any atom is 0.281 e. The monoisotopic (exact) mass is 448 g/mol. The Hall–Kier alpha value is -3.79. The van der Waals surface area contributed by atoms with Gasteiger partial charge in [0.25, 0.3) is 5.91 Å². The van der Waals surface area contributed by atoms with Gasteiger partial charge < -0.3 is 14.6 Å². The second-order valence-electron chi connectivity index (χ2n) is 6.67. The van der Waals surface area contributed by atoms with E-state index >= 15 is 0 Å². The van der Waals surface area contributed by atoms with Gasteiger partial charge in [0.15, 0.2) is 17.1 Å². The van der Waals surface area contributed by atoms with Crippen molar-refractivity contribution in [3.8, 4) is 23.8 Å². The molecule has 0 aromatic heterocycles. The highest BCUT2D eigenvalue weighted by Crippen LogP contribution is 2.36. The molecule has 6 nitrogen and oxygen atoms in total. The van der Waals surface area contributed by atoms with Crippen LogP contribution in [0.5, 0.6) is 11.5 Å². The van der Waals surface area contributed by atoms with Crippen molar-refractivity contribution >= 4 is 23.7 Å². The van der Waals surface area contributed by atoms with Crippen LogP contribution in [-0.2, 0) is 10.4 Å². The summed E-state index contributed by atoms with van der Waals surface area (Å²) in [5.41, 5.74) is 1.86. The number of ether oxygens (including phenoxy) is 2. The first-order valence-electron chi connectivity index (χ1n) is 9.61. The zero-order chi connectivity index (χ0) is 23.0. The molecule has 0 saturated carbocycles. The van der Waals surface area contributed by atoms with Gasteiger partial charge in [-0.25, -0.2) is 5.43 Å². The van der Waals surface area contributed by atoms with E-state index in [1.807, 2.05) is 0 Å². The van der Waals surface area contributed by atoms with Crippen molar-refractivity contribution in [2.45, 2.75) is 5.60 Å². The maximum atomic E-state index is 13.1. The van der Waals surface area contributed by atoms with Crippen LogP contribution in [0.2, 0.25) is 5.02 Å². The number of amides is 1. The molecular weight excluding hydrogens is 428 g/mol. The Morgan fingerprint density at radius 2 is 1.75 bits per heavy atom. The molecule has 0 bridgehead atoms. The van der Waals surface area contributed by atoms with Gasteiger partial charge in [-0.15, -0.1) is 6.42 Å². The molecule has 0 aliphatic rings. The van der Waals surface area contributed by atoms with Gasteiger partial charge in [0.2, 0.25) is 0 Å². The van der Waals surface area contributed by atoms with E-state index in [0.717, 1.165) is 0 Å². The minimum Gasteiger partial charge on any atom is -0.493 e. The van der Waals surface area contributed by atoms with Crippen LogP contribution in [0, 0.1) is 12.3 Å². The highest BCUT2D eigenvalue weighted by Gasteiger charge is 2.39. The number of methoxy groups -OCH3 is 1. The lowest BCUT2D eigenvalue weighted by atomic mass is 9.85. The summed E-state index contributed by atoms with van der Waals surface area (Å²) in [5, 5.41) is 15.7. The van der Waals surface area contributed by atoms with Crippen molar-refractivity contribution in [2.24, 2.45) is 5.10 Å². The van der Waals surface area contributed by atoms with E-state index in [0.29, 0.717) is 28.2 Å². The summed E-state index contributed by atoms with van der Waals surface area (Å²) in [6.07, 6.45) is 6.60. The zero-order valence-electron chi connectivity index (χ0n) is 17.3. The molecule has 0 fully saturated rings. The number of benzene rings is 3. The van der Waals surface area contributed by atoms with Gasteiger partial charge in [-0.3, -0.25) is 4.79 Å². The molecule has 7 heteroatoms. The number of hydrazone groups is 1. The summed E-state index contributed by atoms with van der Waals surface area (Å²) >= 11 is 6.26. The van der Waals surface area contributed by atoms with Crippen LogP contribution >= 0.6 is 11.6 Å². The fourth-order valence-electron chi connectivity index (χ4n) is 3.10. The van der Waals surface area contributed by atoms with Crippen molar-refractivity contribution in [3.05, 3.63) is 94.5 Å². The molecule has 0 saturated heterocycles. The Morgan fingerprint density at radius 1 is 1.16 bits per heavy atom. The molecule has 3 aromatic carbocycles. The number of halogens is 1. The molecule has 2 N–H and O–H groups in total. The first kappa shape index (κ1) is 22.9. The van der Waals surface area contributed by atoms with E-state index in [1.54, 1.807) is 72.8 Å². The first-order valence-corrected chi connectivity index (χ1v) is 9.99. The zero-order valence-corrected chi connectivity index (χ0v) is 18.0. The van der Waals surface area contributed by atoms with Gasteiger partial charge in [0.1, 0.15) is 6.61 Å². The van der Waals surface area contributed by atoms with E-state index in [-0.39, 0.29) is 11.6 Å². The van der Waals surface area contributed by atoms with E-state index in [4.69, 9.17) is 27.5 Å². The summed E-state index contributed by atoms with van der Waals surface area (Å²) in [6, 6.07) is 20.5. The predicted molar refractivity (Wildman–Crippen MR) is 124 cm³/mol. The van der Waals surface area contributed by atoms with Crippen LogP contribution in [0.3, 0.4) is 0 Å². The van der Waals surface area contributed by atoms with E-state index in [2.05, 4.69) is 16.4 Å². The van der Waals surface area contributed by atoms with Crippen molar-refractivity contribution in [1.29, 1.82) is 0 Å². The number of aliphatic hydroxyl groups is 1. The number of nitrogens with zero attached hydrogens (tertiary/aromatic N) is 1. The third-order valence-corrected chi connectivity index (χ3v) is 4.92. The second kappa shape index (κ2) is 10.5. The molecule has 3 rings (SSSR count). The van der Waals surface area contributed by atoms with E-state index < -0.39 is 11.5 Å². The normalized spacial score (nSPS) is 11.1. The minimum absolute atomic E-state index is 0.0388. The number of carbonyl (C=O) groups excluding carboxylic acids is 1. The molecule has 0 aliphatic heterocycles. The first-order chi connectivity index (χ1) is 15.5. The Balaban J connectivity index is 1.86. The molecule has 0 radical (unpaired) electrons. The molecule has 3 aromatic rings.